The van der Waals surface area contributed by atoms with Crippen molar-refractivity contribution in [1.29, 1.82) is 0 Å². The van der Waals surface area contributed by atoms with Gasteiger partial charge >= 0.3 is 0 Å². The summed E-state index contributed by atoms with van der Waals surface area (Å²) in [6.07, 6.45) is 6.95. The molecule has 0 radical (unpaired) electrons. The number of nitrogens with zero attached hydrogens (tertiary/aromatic N) is 1. The molecule has 1 saturated carbocycles. The van der Waals surface area contributed by atoms with Crippen LogP contribution in [0.3, 0.4) is 0 Å². The van der Waals surface area contributed by atoms with E-state index in [4.69, 9.17) is 0 Å². The van der Waals surface area contributed by atoms with E-state index in [1.54, 1.807) is 0 Å². The number of nitrogens with one attached hydrogen (secondary N) is 1. The van der Waals surface area contributed by atoms with Crippen molar-refractivity contribution < 1.29 is 0 Å². The number of hydrogen-bond donors (Lipinski definition) is 1. The van der Waals surface area contributed by atoms with E-state index < -0.39 is 0 Å². The summed E-state index contributed by atoms with van der Waals surface area (Å²) in [5, 5.41) is 3.52. The quantitative estimate of drug-likeness (QED) is 0.873. The van der Waals surface area contributed by atoms with E-state index in [1.807, 2.05) is 0 Å². The maximum absolute atomic E-state index is 3.52. The smallest absolute Gasteiger partial charge is 0.0232 e. The van der Waals surface area contributed by atoms with Gasteiger partial charge in [0, 0.05) is 18.6 Å². The van der Waals surface area contributed by atoms with Gasteiger partial charge < -0.3 is 5.32 Å². The van der Waals surface area contributed by atoms with Crippen molar-refractivity contribution in [2.24, 2.45) is 5.92 Å². The third kappa shape index (κ3) is 3.01. The average molecular weight is 258 g/mol. The van der Waals surface area contributed by atoms with Crippen molar-refractivity contribution in [3.05, 3.63) is 35.9 Å². The standard InChI is InChI=1S/C17H26N2/c1-18-16(12-14-6-3-2-4-7-14)13-19-11-10-15-8-5-9-17(15)19/h2-4,6-7,15-18H,5,8-13H2,1H3/t15-,16+,17-/m1/s1. The number of likely N-dealkylation sites (N-methyl/N-ethyl adjacent to an activating group) is 1. The first-order valence-corrected chi connectivity index (χ1v) is 7.82. The SMILES string of the molecule is CN[C@@H](Cc1ccccc1)CN1CC[C@H]2CCC[C@H]21. The summed E-state index contributed by atoms with van der Waals surface area (Å²) in [4.78, 5) is 2.75. The van der Waals surface area contributed by atoms with Crippen LogP contribution in [0.4, 0.5) is 0 Å². The summed E-state index contributed by atoms with van der Waals surface area (Å²) < 4.78 is 0. The molecule has 0 spiro atoms. The van der Waals surface area contributed by atoms with Crippen molar-refractivity contribution >= 4 is 0 Å². The highest BCUT2D eigenvalue weighted by atomic mass is 15.2. The Bertz CT molecular complexity index is 390. The van der Waals surface area contributed by atoms with Crippen molar-refractivity contribution in [1.82, 2.24) is 10.2 Å². The highest BCUT2D eigenvalue weighted by molar-refractivity contribution is 5.16. The number of fused-ring (bicyclic) bond motifs is 1. The zero-order valence-electron chi connectivity index (χ0n) is 12.0. The minimum atomic E-state index is 0.585. The van der Waals surface area contributed by atoms with Crippen LogP contribution in [0.1, 0.15) is 31.2 Å². The summed E-state index contributed by atoms with van der Waals surface area (Å²) in [6.45, 7) is 2.54. The van der Waals surface area contributed by atoms with E-state index in [2.05, 4.69) is 47.6 Å². The minimum absolute atomic E-state index is 0.585. The molecule has 1 aliphatic heterocycles. The second-order valence-electron chi connectivity index (χ2n) is 6.22. The molecule has 1 aromatic rings. The highest BCUT2D eigenvalue weighted by Crippen LogP contribution is 2.37. The Morgan fingerprint density at radius 1 is 1.21 bits per heavy atom. The zero-order valence-corrected chi connectivity index (χ0v) is 12.0. The normalized spacial score (nSPS) is 28.5. The number of rotatable bonds is 5. The summed E-state index contributed by atoms with van der Waals surface area (Å²) in [6, 6.07) is 12.4. The van der Waals surface area contributed by atoms with E-state index in [0.29, 0.717) is 6.04 Å². The molecule has 2 fully saturated rings. The summed E-state index contributed by atoms with van der Waals surface area (Å²) in [5.74, 6) is 1.01. The molecule has 1 saturated heterocycles. The van der Waals surface area contributed by atoms with Crippen LogP contribution in [0.15, 0.2) is 30.3 Å². The first-order valence-electron chi connectivity index (χ1n) is 7.82. The molecule has 3 rings (SSSR count). The van der Waals surface area contributed by atoms with Crippen molar-refractivity contribution in [3.63, 3.8) is 0 Å². The molecule has 0 aromatic heterocycles. The Morgan fingerprint density at radius 2 is 2.05 bits per heavy atom. The second-order valence-corrected chi connectivity index (χ2v) is 6.22. The molecule has 104 valence electrons. The summed E-state index contributed by atoms with van der Waals surface area (Å²) in [5.41, 5.74) is 1.45. The Labute approximate surface area is 117 Å². The van der Waals surface area contributed by atoms with Gasteiger partial charge in [-0.15, -0.1) is 0 Å². The fourth-order valence-corrected chi connectivity index (χ4v) is 4.00. The van der Waals surface area contributed by atoms with Crippen LogP contribution in [-0.4, -0.2) is 37.1 Å². The predicted molar refractivity (Wildman–Crippen MR) is 80.3 cm³/mol. The molecule has 2 aliphatic rings. The third-order valence-electron chi connectivity index (χ3n) is 5.06. The fraction of sp³-hybridized carbons (Fsp3) is 0.647. The van der Waals surface area contributed by atoms with Gasteiger partial charge in [0.1, 0.15) is 0 Å². The van der Waals surface area contributed by atoms with Gasteiger partial charge in [0.2, 0.25) is 0 Å². The Balaban J connectivity index is 1.58. The van der Waals surface area contributed by atoms with E-state index >= 15 is 0 Å². The predicted octanol–water partition coefficient (Wildman–Crippen LogP) is 2.69. The lowest BCUT2D eigenvalue weighted by Crippen LogP contribution is -2.43. The van der Waals surface area contributed by atoms with Gasteiger partial charge in [-0.05, 0) is 50.8 Å². The molecular weight excluding hydrogens is 232 g/mol. The molecule has 3 atom stereocenters. The van der Waals surface area contributed by atoms with Crippen LogP contribution in [-0.2, 0) is 6.42 Å². The number of likely N-dealkylation sites (tertiary alicyclic amines) is 1. The number of benzene rings is 1. The van der Waals surface area contributed by atoms with Gasteiger partial charge in [-0.3, -0.25) is 4.90 Å². The molecule has 0 bridgehead atoms. The van der Waals surface area contributed by atoms with Gasteiger partial charge in [-0.2, -0.15) is 0 Å². The Morgan fingerprint density at radius 3 is 2.84 bits per heavy atom. The van der Waals surface area contributed by atoms with Crippen molar-refractivity contribution in [2.75, 3.05) is 20.1 Å². The van der Waals surface area contributed by atoms with E-state index in [9.17, 15) is 0 Å². The lowest BCUT2D eigenvalue weighted by atomic mass is 10.0. The molecule has 1 aromatic carbocycles. The summed E-state index contributed by atoms with van der Waals surface area (Å²) in [7, 11) is 2.11. The largest absolute Gasteiger partial charge is 0.315 e. The fourth-order valence-electron chi connectivity index (χ4n) is 4.00. The highest BCUT2D eigenvalue weighted by Gasteiger charge is 2.37. The number of hydrogen-bond acceptors (Lipinski definition) is 2. The van der Waals surface area contributed by atoms with Gasteiger partial charge in [0.25, 0.3) is 0 Å². The summed E-state index contributed by atoms with van der Waals surface area (Å²) >= 11 is 0. The molecule has 1 N–H and O–H groups in total. The van der Waals surface area contributed by atoms with Crippen LogP contribution in [0, 0.1) is 5.92 Å². The maximum Gasteiger partial charge on any atom is 0.0232 e. The van der Waals surface area contributed by atoms with Crippen LogP contribution in [0.5, 0.6) is 0 Å². The van der Waals surface area contributed by atoms with Crippen LogP contribution in [0.25, 0.3) is 0 Å². The maximum atomic E-state index is 3.52. The molecule has 19 heavy (non-hydrogen) atoms. The average Bonchev–Trinajstić information content (AvgIpc) is 3.04. The van der Waals surface area contributed by atoms with Crippen molar-refractivity contribution in [3.8, 4) is 0 Å². The van der Waals surface area contributed by atoms with E-state index in [1.165, 1.54) is 44.3 Å². The molecular formula is C17H26N2. The molecule has 2 heteroatoms. The molecule has 0 amide bonds. The van der Waals surface area contributed by atoms with Gasteiger partial charge in [-0.25, -0.2) is 0 Å². The van der Waals surface area contributed by atoms with Crippen molar-refractivity contribution in [2.45, 2.75) is 44.2 Å². The second kappa shape index (κ2) is 6.06. The first-order chi connectivity index (χ1) is 9.36. The third-order valence-corrected chi connectivity index (χ3v) is 5.06. The molecule has 0 unspecified atom stereocenters. The van der Waals surface area contributed by atoms with E-state index in [-0.39, 0.29) is 0 Å². The lowest BCUT2D eigenvalue weighted by Gasteiger charge is -2.28. The van der Waals surface area contributed by atoms with Crippen LogP contribution < -0.4 is 5.32 Å². The van der Waals surface area contributed by atoms with Gasteiger partial charge in [0.15, 0.2) is 0 Å². The first kappa shape index (κ1) is 13.1. The van der Waals surface area contributed by atoms with Gasteiger partial charge in [-0.1, -0.05) is 36.8 Å². The van der Waals surface area contributed by atoms with Crippen LogP contribution in [0.2, 0.25) is 0 Å². The minimum Gasteiger partial charge on any atom is -0.315 e. The molecule has 1 aliphatic carbocycles. The van der Waals surface area contributed by atoms with Crippen LogP contribution >= 0.6 is 0 Å². The Hall–Kier alpha value is -0.860. The monoisotopic (exact) mass is 258 g/mol. The zero-order chi connectivity index (χ0) is 13.1. The van der Waals surface area contributed by atoms with Gasteiger partial charge in [0.05, 0.1) is 0 Å². The molecule has 1 heterocycles. The lowest BCUT2D eigenvalue weighted by molar-refractivity contribution is 0.217. The topological polar surface area (TPSA) is 15.3 Å². The Kier molecular flexibility index (Phi) is 4.19. The molecule has 2 nitrogen and oxygen atoms in total. The van der Waals surface area contributed by atoms with E-state index in [0.717, 1.165) is 18.4 Å².